The highest BCUT2D eigenvalue weighted by Gasteiger charge is 2.50. The maximum atomic E-state index is 12.1. The lowest BCUT2D eigenvalue weighted by molar-refractivity contribution is -0.122. The van der Waals surface area contributed by atoms with E-state index in [0.29, 0.717) is 6.61 Å². The molecule has 1 aliphatic heterocycles. The molecule has 1 aliphatic rings. The first-order valence-corrected chi connectivity index (χ1v) is 7.30. The van der Waals surface area contributed by atoms with Crippen LogP contribution in [0.25, 0.3) is 0 Å². The summed E-state index contributed by atoms with van der Waals surface area (Å²) in [5.41, 5.74) is 1.73. The lowest BCUT2D eigenvalue weighted by Gasteiger charge is -2.18. The van der Waals surface area contributed by atoms with Crippen LogP contribution in [0.1, 0.15) is 22.9 Å². The SMILES string of the molecule is Cc1ccc(C(Br)C(Br)C(=O)C2(C)CO2)cc1. The van der Waals surface area contributed by atoms with E-state index in [1.54, 1.807) is 0 Å². The number of benzene rings is 1. The van der Waals surface area contributed by atoms with Gasteiger partial charge in [0.1, 0.15) is 5.60 Å². The molecule has 0 radical (unpaired) electrons. The van der Waals surface area contributed by atoms with Crippen molar-refractivity contribution in [1.29, 1.82) is 0 Å². The van der Waals surface area contributed by atoms with Gasteiger partial charge in [-0.15, -0.1) is 0 Å². The van der Waals surface area contributed by atoms with Crippen molar-refractivity contribution >= 4 is 37.6 Å². The van der Waals surface area contributed by atoms with E-state index in [9.17, 15) is 4.79 Å². The smallest absolute Gasteiger partial charge is 0.181 e. The number of ketones is 1. The third-order valence-corrected chi connectivity index (χ3v) is 5.71. The Labute approximate surface area is 118 Å². The lowest BCUT2D eigenvalue weighted by Crippen LogP contribution is -2.31. The molecular formula is C13H14Br2O2. The monoisotopic (exact) mass is 360 g/mol. The van der Waals surface area contributed by atoms with Gasteiger partial charge in [0, 0.05) is 0 Å². The van der Waals surface area contributed by atoms with Gasteiger partial charge in [0.2, 0.25) is 0 Å². The van der Waals surface area contributed by atoms with Crippen molar-refractivity contribution in [3.8, 4) is 0 Å². The Bertz CT molecular complexity index is 424. The predicted octanol–water partition coefficient (Wildman–Crippen LogP) is 3.55. The molecule has 1 aromatic carbocycles. The van der Waals surface area contributed by atoms with E-state index in [4.69, 9.17) is 4.74 Å². The summed E-state index contributed by atoms with van der Waals surface area (Å²) >= 11 is 7.04. The van der Waals surface area contributed by atoms with E-state index in [1.807, 2.05) is 38.1 Å². The second kappa shape index (κ2) is 4.82. The minimum atomic E-state index is -0.578. The molecule has 0 aromatic heterocycles. The molecule has 3 unspecified atom stereocenters. The van der Waals surface area contributed by atoms with Crippen molar-refractivity contribution in [2.75, 3.05) is 6.61 Å². The molecule has 0 aliphatic carbocycles. The van der Waals surface area contributed by atoms with Gasteiger partial charge in [-0.3, -0.25) is 4.79 Å². The second-order valence-corrected chi connectivity index (χ2v) is 6.57. The van der Waals surface area contributed by atoms with Gasteiger partial charge in [-0.2, -0.15) is 0 Å². The highest BCUT2D eigenvalue weighted by Crippen LogP contribution is 2.38. The van der Waals surface area contributed by atoms with Crippen LogP contribution >= 0.6 is 31.9 Å². The first kappa shape index (κ1) is 13.2. The third kappa shape index (κ3) is 2.80. The fourth-order valence-electron chi connectivity index (χ4n) is 1.59. The Balaban J connectivity index is 2.11. The molecule has 3 atom stereocenters. The van der Waals surface area contributed by atoms with Gasteiger partial charge in [0.25, 0.3) is 0 Å². The molecule has 1 heterocycles. The highest BCUT2D eigenvalue weighted by molar-refractivity contribution is 9.12. The van der Waals surface area contributed by atoms with E-state index in [-0.39, 0.29) is 15.4 Å². The van der Waals surface area contributed by atoms with Crippen molar-refractivity contribution in [2.45, 2.75) is 29.1 Å². The molecule has 0 N–H and O–H groups in total. The van der Waals surface area contributed by atoms with Gasteiger partial charge in [0.05, 0.1) is 16.3 Å². The Hall–Kier alpha value is -0.190. The van der Waals surface area contributed by atoms with Crippen LogP contribution in [0.4, 0.5) is 0 Å². The number of hydrogen-bond acceptors (Lipinski definition) is 2. The van der Waals surface area contributed by atoms with E-state index < -0.39 is 5.60 Å². The van der Waals surface area contributed by atoms with E-state index in [2.05, 4.69) is 31.9 Å². The summed E-state index contributed by atoms with van der Waals surface area (Å²) in [6.07, 6.45) is 0. The van der Waals surface area contributed by atoms with E-state index in [1.165, 1.54) is 5.56 Å². The number of ether oxygens (including phenoxy) is 1. The maximum Gasteiger partial charge on any atom is 0.181 e. The van der Waals surface area contributed by atoms with Gasteiger partial charge >= 0.3 is 0 Å². The first-order valence-electron chi connectivity index (χ1n) is 5.47. The molecule has 4 heteroatoms. The molecule has 17 heavy (non-hydrogen) atoms. The Morgan fingerprint density at radius 3 is 2.35 bits per heavy atom. The molecule has 2 rings (SSSR count). The number of aryl methyl sites for hydroxylation is 1. The summed E-state index contributed by atoms with van der Waals surface area (Å²) in [6.45, 7) is 4.41. The quantitative estimate of drug-likeness (QED) is 0.606. The molecule has 0 saturated carbocycles. The molecule has 1 saturated heterocycles. The summed E-state index contributed by atoms with van der Waals surface area (Å²) in [4.78, 5) is 11.8. The number of halogens is 2. The molecule has 2 nitrogen and oxygen atoms in total. The van der Waals surface area contributed by atoms with Crippen LogP contribution in [0.2, 0.25) is 0 Å². The summed E-state index contributed by atoms with van der Waals surface area (Å²) in [5.74, 6) is 0.0972. The molecular weight excluding hydrogens is 348 g/mol. The zero-order valence-corrected chi connectivity index (χ0v) is 12.9. The van der Waals surface area contributed by atoms with Crippen LogP contribution in [0, 0.1) is 6.92 Å². The number of carbonyl (C=O) groups is 1. The van der Waals surface area contributed by atoms with Crippen LogP contribution in [0.3, 0.4) is 0 Å². The van der Waals surface area contributed by atoms with Crippen LogP contribution in [-0.2, 0) is 9.53 Å². The minimum absolute atomic E-state index is 0.0309. The van der Waals surface area contributed by atoms with Crippen LogP contribution in [0.5, 0.6) is 0 Å². The average Bonchev–Trinajstić information content (AvgIpc) is 3.07. The highest BCUT2D eigenvalue weighted by atomic mass is 79.9. The van der Waals surface area contributed by atoms with Crippen molar-refractivity contribution in [3.05, 3.63) is 35.4 Å². The van der Waals surface area contributed by atoms with Crippen LogP contribution in [-0.4, -0.2) is 22.8 Å². The molecule has 1 fully saturated rings. The Morgan fingerprint density at radius 1 is 1.35 bits per heavy atom. The number of rotatable bonds is 4. The number of carbonyl (C=O) groups excluding carboxylic acids is 1. The molecule has 0 bridgehead atoms. The normalized spacial score (nSPS) is 26.4. The van der Waals surface area contributed by atoms with E-state index in [0.717, 1.165) is 5.56 Å². The van der Waals surface area contributed by atoms with E-state index >= 15 is 0 Å². The fourth-order valence-corrected chi connectivity index (χ4v) is 2.93. The van der Waals surface area contributed by atoms with Crippen molar-refractivity contribution in [3.63, 3.8) is 0 Å². The summed E-state index contributed by atoms with van der Waals surface area (Å²) < 4.78 is 5.18. The van der Waals surface area contributed by atoms with Gasteiger partial charge in [-0.05, 0) is 19.4 Å². The first-order chi connectivity index (χ1) is 7.94. The van der Waals surface area contributed by atoms with Crippen molar-refractivity contribution < 1.29 is 9.53 Å². The maximum absolute atomic E-state index is 12.1. The average molecular weight is 362 g/mol. The van der Waals surface area contributed by atoms with Gasteiger partial charge in [-0.1, -0.05) is 61.7 Å². The molecule has 92 valence electrons. The van der Waals surface area contributed by atoms with Crippen molar-refractivity contribution in [2.24, 2.45) is 0 Å². The fraction of sp³-hybridized carbons (Fsp3) is 0.462. The van der Waals surface area contributed by atoms with Crippen molar-refractivity contribution in [1.82, 2.24) is 0 Å². The number of alkyl halides is 2. The molecule has 0 spiro atoms. The van der Waals surface area contributed by atoms with Gasteiger partial charge in [0.15, 0.2) is 5.78 Å². The number of hydrogen-bond donors (Lipinski definition) is 0. The van der Waals surface area contributed by atoms with Crippen LogP contribution < -0.4 is 0 Å². The standard InChI is InChI=1S/C13H14Br2O2/c1-8-3-5-9(6-4-8)10(14)11(15)12(16)13(2)7-17-13/h3-6,10-11H,7H2,1-2H3. The van der Waals surface area contributed by atoms with Gasteiger partial charge < -0.3 is 4.74 Å². The Kier molecular flexibility index (Phi) is 3.76. The zero-order valence-electron chi connectivity index (χ0n) is 9.74. The Morgan fingerprint density at radius 2 is 1.88 bits per heavy atom. The topological polar surface area (TPSA) is 29.6 Å². The predicted molar refractivity (Wildman–Crippen MR) is 74.9 cm³/mol. The second-order valence-electron chi connectivity index (χ2n) is 4.60. The number of epoxide rings is 1. The summed E-state index contributed by atoms with van der Waals surface area (Å²) in [5, 5.41) is 0. The summed E-state index contributed by atoms with van der Waals surface area (Å²) in [6, 6.07) is 8.16. The largest absolute Gasteiger partial charge is 0.362 e. The van der Waals surface area contributed by atoms with Crippen LogP contribution in [0.15, 0.2) is 24.3 Å². The lowest BCUT2D eigenvalue weighted by atomic mass is 9.99. The number of Topliss-reactive ketones (excluding diaryl/α,β-unsaturated/α-hetero) is 1. The summed E-state index contributed by atoms with van der Waals surface area (Å²) in [7, 11) is 0. The minimum Gasteiger partial charge on any atom is -0.362 e. The van der Waals surface area contributed by atoms with Gasteiger partial charge in [-0.25, -0.2) is 0 Å². The zero-order chi connectivity index (χ0) is 12.6. The molecule has 0 amide bonds. The third-order valence-electron chi connectivity index (χ3n) is 3.00. The molecule has 1 aromatic rings.